The molecule has 0 aliphatic heterocycles. The second-order valence-corrected chi connectivity index (χ2v) is 6.89. The maximum absolute atomic E-state index is 11.7. The van der Waals surface area contributed by atoms with Crippen molar-refractivity contribution in [3.05, 3.63) is 53.9 Å². The molecule has 0 fully saturated rings. The molecule has 0 bridgehead atoms. The highest BCUT2D eigenvalue weighted by Crippen LogP contribution is 2.11. The van der Waals surface area contributed by atoms with Gasteiger partial charge in [-0.25, -0.2) is 4.68 Å². The van der Waals surface area contributed by atoms with Gasteiger partial charge in [0.1, 0.15) is 0 Å². The Hall–Kier alpha value is -2.51. The summed E-state index contributed by atoms with van der Waals surface area (Å²) in [5.41, 5.74) is 3.07. The van der Waals surface area contributed by atoms with Crippen molar-refractivity contribution < 1.29 is 8.78 Å². The van der Waals surface area contributed by atoms with Gasteiger partial charge >= 0.3 is 6.55 Å². The Balaban J connectivity index is 0.000000388. The molecule has 29 heavy (non-hydrogen) atoms. The van der Waals surface area contributed by atoms with Crippen molar-refractivity contribution in [2.75, 3.05) is 0 Å². The highest BCUT2D eigenvalue weighted by atomic mass is 19.3. The minimum Gasteiger partial charge on any atom is -0.276 e. The van der Waals surface area contributed by atoms with Gasteiger partial charge in [0.25, 0.3) is 0 Å². The monoisotopic (exact) mass is 410 g/mol. The maximum atomic E-state index is 11.7. The van der Waals surface area contributed by atoms with Gasteiger partial charge in [0.2, 0.25) is 0 Å². The van der Waals surface area contributed by atoms with E-state index in [0.717, 1.165) is 5.69 Å². The Morgan fingerprint density at radius 2 is 1.48 bits per heavy atom. The Morgan fingerprint density at radius 3 is 1.69 bits per heavy atom. The fraction of sp³-hybridized carbons (Fsp3) is 0.571. The van der Waals surface area contributed by atoms with E-state index in [1.54, 1.807) is 6.92 Å². The third-order valence-corrected chi connectivity index (χ3v) is 3.66. The van der Waals surface area contributed by atoms with Gasteiger partial charge in [-0.2, -0.15) is 24.1 Å². The van der Waals surface area contributed by atoms with Gasteiger partial charge in [0, 0.05) is 32.7 Å². The lowest BCUT2D eigenvalue weighted by Gasteiger charge is -1.95. The number of aromatic nitrogens is 6. The lowest BCUT2D eigenvalue weighted by Crippen LogP contribution is -1.97. The molecule has 0 spiro atoms. The zero-order valence-electron chi connectivity index (χ0n) is 19.1. The van der Waals surface area contributed by atoms with Gasteiger partial charge in [-0.3, -0.25) is 9.36 Å². The SMILES string of the molecule is CC.CC(C)c1ccn(C)n1.CC(C)c1cnn(C)c1.Cc1ccn(C(F)F)n1. The van der Waals surface area contributed by atoms with Gasteiger partial charge in [-0.1, -0.05) is 41.5 Å². The summed E-state index contributed by atoms with van der Waals surface area (Å²) in [4.78, 5) is 0. The molecule has 0 radical (unpaired) electrons. The Kier molecular flexibility index (Phi) is 12.5. The van der Waals surface area contributed by atoms with Crippen molar-refractivity contribution in [2.24, 2.45) is 14.1 Å². The van der Waals surface area contributed by atoms with Gasteiger partial charge < -0.3 is 0 Å². The maximum Gasteiger partial charge on any atom is 0.333 e. The molecule has 0 N–H and O–H groups in total. The number of nitrogens with zero attached hydrogens (tertiary/aromatic N) is 6. The van der Waals surface area contributed by atoms with E-state index in [1.165, 1.54) is 17.8 Å². The van der Waals surface area contributed by atoms with Crippen molar-refractivity contribution in [1.82, 2.24) is 29.3 Å². The number of aryl methyl sites for hydroxylation is 3. The van der Waals surface area contributed by atoms with Crippen LogP contribution in [-0.2, 0) is 14.1 Å². The van der Waals surface area contributed by atoms with Crippen LogP contribution in [0.2, 0.25) is 0 Å². The van der Waals surface area contributed by atoms with Crippen LogP contribution >= 0.6 is 0 Å². The molecule has 3 heterocycles. The van der Waals surface area contributed by atoms with Crippen LogP contribution in [0, 0.1) is 6.92 Å². The third kappa shape index (κ3) is 10.6. The van der Waals surface area contributed by atoms with Gasteiger partial charge in [-0.15, -0.1) is 0 Å². The first-order valence-electron chi connectivity index (χ1n) is 9.88. The fourth-order valence-electron chi connectivity index (χ4n) is 2.02. The van der Waals surface area contributed by atoms with Crippen LogP contribution in [0.25, 0.3) is 0 Å². The molecule has 3 aromatic rings. The number of hydrogen-bond donors (Lipinski definition) is 0. The third-order valence-electron chi connectivity index (χ3n) is 3.66. The van der Waals surface area contributed by atoms with Crippen LogP contribution in [0.15, 0.2) is 36.9 Å². The van der Waals surface area contributed by atoms with Crippen LogP contribution in [0.5, 0.6) is 0 Å². The minimum atomic E-state index is -2.52. The molecule has 0 saturated carbocycles. The van der Waals surface area contributed by atoms with E-state index < -0.39 is 6.55 Å². The van der Waals surface area contributed by atoms with Crippen LogP contribution in [0.1, 0.15) is 76.9 Å². The zero-order valence-corrected chi connectivity index (χ0v) is 19.1. The summed E-state index contributed by atoms with van der Waals surface area (Å²) >= 11 is 0. The quantitative estimate of drug-likeness (QED) is 0.556. The van der Waals surface area contributed by atoms with Crippen molar-refractivity contribution in [3.63, 3.8) is 0 Å². The number of halogens is 2. The van der Waals surface area contributed by atoms with Crippen LogP contribution < -0.4 is 0 Å². The van der Waals surface area contributed by atoms with E-state index in [0.29, 0.717) is 22.2 Å². The summed E-state index contributed by atoms with van der Waals surface area (Å²) in [7, 11) is 3.87. The topological polar surface area (TPSA) is 53.5 Å². The normalized spacial score (nSPS) is 10.1. The molecule has 0 aliphatic rings. The first kappa shape index (κ1) is 26.5. The largest absolute Gasteiger partial charge is 0.333 e. The second-order valence-electron chi connectivity index (χ2n) is 6.89. The standard InChI is InChI=1S/2C7H12N2.C5H6F2N2.C2H6/c1-6(2)7-4-8-9(3)5-7;1-6(2)7-4-5-9(3)8-7;1-4-2-3-9(8-4)5(6)7;1-2/h2*4-6H,1-3H3;2-3,5H,1H3;1-2H3. The molecule has 0 saturated heterocycles. The molecule has 6 nitrogen and oxygen atoms in total. The van der Waals surface area contributed by atoms with Crippen LogP contribution in [-0.4, -0.2) is 29.3 Å². The number of hydrogen-bond acceptors (Lipinski definition) is 3. The van der Waals surface area contributed by atoms with Gasteiger partial charge in [-0.05, 0) is 36.5 Å². The van der Waals surface area contributed by atoms with Crippen molar-refractivity contribution in [2.45, 2.75) is 66.9 Å². The summed E-state index contributed by atoms with van der Waals surface area (Å²) in [5, 5.41) is 11.8. The Bertz CT molecular complexity index is 681. The molecular formula is C21H36F2N6. The molecular weight excluding hydrogens is 374 g/mol. The van der Waals surface area contributed by atoms with E-state index in [2.05, 4.69) is 43.0 Å². The van der Waals surface area contributed by atoms with Gasteiger partial charge in [0.05, 0.1) is 17.6 Å². The van der Waals surface area contributed by atoms with Gasteiger partial charge in [0.15, 0.2) is 0 Å². The smallest absolute Gasteiger partial charge is 0.276 e. The average Bonchev–Trinajstić information content (AvgIpc) is 3.39. The van der Waals surface area contributed by atoms with E-state index in [9.17, 15) is 8.78 Å². The molecule has 0 atom stereocenters. The average molecular weight is 411 g/mol. The predicted octanol–water partition coefficient (Wildman–Crippen LogP) is 5.70. The summed E-state index contributed by atoms with van der Waals surface area (Å²) in [5.74, 6) is 1.14. The van der Waals surface area contributed by atoms with Crippen molar-refractivity contribution in [3.8, 4) is 0 Å². The summed E-state index contributed by atoms with van der Waals surface area (Å²) in [6, 6.07) is 3.58. The van der Waals surface area contributed by atoms with Crippen LogP contribution in [0.3, 0.4) is 0 Å². The molecule has 0 unspecified atom stereocenters. The van der Waals surface area contributed by atoms with E-state index >= 15 is 0 Å². The van der Waals surface area contributed by atoms with Crippen molar-refractivity contribution >= 4 is 0 Å². The summed E-state index contributed by atoms with van der Waals surface area (Å²) in [6.45, 7) is 11.8. The van der Waals surface area contributed by atoms with Crippen LogP contribution in [0.4, 0.5) is 8.78 Å². The number of alkyl halides is 2. The molecule has 8 heteroatoms. The zero-order chi connectivity index (χ0) is 22.6. The molecule has 0 amide bonds. The molecule has 3 rings (SSSR count). The van der Waals surface area contributed by atoms with E-state index in [1.807, 2.05) is 62.0 Å². The predicted molar refractivity (Wildman–Crippen MR) is 114 cm³/mol. The first-order chi connectivity index (χ1) is 13.6. The fourth-order valence-corrected chi connectivity index (χ4v) is 2.02. The molecule has 0 aliphatic carbocycles. The molecule has 164 valence electrons. The number of rotatable bonds is 3. The highest BCUT2D eigenvalue weighted by molar-refractivity contribution is 5.08. The van der Waals surface area contributed by atoms with E-state index in [4.69, 9.17) is 0 Å². The van der Waals surface area contributed by atoms with E-state index in [-0.39, 0.29) is 0 Å². The lowest BCUT2D eigenvalue weighted by molar-refractivity contribution is 0.0563. The summed E-state index contributed by atoms with van der Waals surface area (Å²) < 4.78 is 27.6. The Morgan fingerprint density at radius 1 is 0.862 bits per heavy atom. The minimum absolute atomic E-state index is 0.547. The highest BCUT2D eigenvalue weighted by Gasteiger charge is 2.03. The van der Waals surface area contributed by atoms with Crippen molar-refractivity contribution in [1.29, 1.82) is 0 Å². The first-order valence-corrected chi connectivity index (χ1v) is 9.88. The second kappa shape index (κ2) is 13.6. The Labute approximate surface area is 173 Å². The molecule has 0 aromatic carbocycles. The molecule has 3 aromatic heterocycles. The summed E-state index contributed by atoms with van der Waals surface area (Å²) in [6.07, 6.45) is 7.17. The lowest BCUT2D eigenvalue weighted by atomic mass is 10.1.